The Morgan fingerprint density at radius 3 is 2.07 bits per heavy atom. The molecule has 15 heavy (non-hydrogen) atoms. The SMILES string of the molecule is CCCCOC1CC(C)(C)CC(C)(C)C1. The maximum atomic E-state index is 5.99. The molecule has 0 unspecified atom stereocenters. The first-order valence-corrected chi connectivity index (χ1v) is 6.46. The van der Waals surface area contributed by atoms with E-state index in [0.717, 1.165) is 6.61 Å². The Labute approximate surface area is 95.6 Å². The van der Waals surface area contributed by atoms with Gasteiger partial charge in [0.25, 0.3) is 0 Å². The zero-order valence-corrected chi connectivity index (χ0v) is 11.2. The molecule has 0 amide bonds. The normalized spacial score (nSPS) is 25.4. The van der Waals surface area contributed by atoms with Crippen LogP contribution in [0.3, 0.4) is 0 Å². The second-order valence-corrected chi connectivity index (χ2v) is 6.76. The summed E-state index contributed by atoms with van der Waals surface area (Å²) in [4.78, 5) is 0. The van der Waals surface area contributed by atoms with Gasteiger partial charge in [0, 0.05) is 6.61 Å². The van der Waals surface area contributed by atoms with Crippen LogP contribution in [0.2, 0.25) is 0 Å². The van der Waals surface area contributed by atoms with Gasteiger partial charge in [0.15, 0.2) is 0 Å². The first-order valence-electron chi connectivity index (χ1n) is 6.46. The smallest absolute Gasteiger partial charge is 0.0585 e. The van der Waals surface area contributed by atoms with E-state index < -0.39 is 0 Å². The van der Waals surface area contributed by atoms with Crippen LogP contribution >= 0.6 is 0 Å². The second-order valence-electron chi connectivity index (χ2n) is 6.76. The van der Waals surface area contributed by atoms with E-state index in [-0.39, 0.29) is 0 Å². The van der Waals surface area contributed by atoms with Gasteiger partial charge in [-0.25, -0.2) is 0 Å². The number of hydrogen-bond donors (Lipinski definition) is 0. The summed E-state index contributed by atoms with van der Waals surface area (Å²) >= 11 is 0. The summed E-state index contributed by atoms with van der Waals surface area (Å²) in [6, 6.07) is 0. The van der Waals surface area contributed by atoms with E-state index in [4.69, 9.17) is 4.74 Å². The minimum Gasteiger partial charge on any atom is -0.378 e. The molecule has 1 heteroatoms. The van der Waals surface area contributed by atoms with Gasteiger partial charge in [-0.05, 0) is 36.5 Å². The third-order valence-corrected chi connectivity index (χ3v) is 3.37. The maximum Gasteiger partial charge on any atom is 0.0585 e. The van der Waals surface area contributed by atoms with Crippen molar-refractivity contribution in [2.75, 3.05) is 6.61 Å². The van der Waals surface area contributed by atoms with Gasteiger partial charge in [0.2, 0.25) is 0 Å². The zero-order chi connectivity index (χ0) is 11.5. The summed E-state index contributed by atoms with van der Waals surface area (Å²) in [7, 11) is 0. The van der Waals surface area contributed by atoms with E-state index in [0.29, 0.717) is 16.9 Å². The van der Waals surface area contributed by atoms with E-state index in [1.807, 2.05) is 0 Å². The number of ether oxygens (including phenoxy) is 1. The quantitative estimate of drug-likeness (QED) is 0.627. The van der Waals surface area contributed by atoms with Crippen LogP contribution in [0, 0.1) is 10.8 Å². The molecule has 1 rings (SSSR count). The largest absolute Gasteiger partial charge is 0.378 e. The van der Waals surface area contributed by atoms with Crippen LogP contribution in [0.15, 0.2) is 0 Å². The lowest BCUT2D eigenvalue weighted by Gasteiger charge is -2.44. The highest BCUT2D eigenvalue weighted by molar-refractivity contribution is 4.89. The molecule has 0 atom stereocenters. The van der Waals surface area contributed by atoms with Gasteiger partial charge >= 0.3 is 0 Å². The lowest BCUT2D eigenvalue weighted by Crippen LogP contribution is -2.38. The molecule has 1 fully saturated rings. The highest BCUT2D eigenvalue weighted by Gasteiger charge is 2.38. The van der Waals surface area contributed by atoms with Crippen LogP contribution < -0.4 is 0 Å². The first kappa shape index (κ1) is 13.0. The Hall–Kier alpha value is -0.0400. The molecule has 90 valence electrons. The Kier molecular flexibility index (Phi) is 4.22. The Morgan fingerprint density at radius 2 is 1.60 bits per heavy atom. The van der Waals surface area contributed by atoms with Crippen molar-refractivity contribution in [1.29, 1.82) is 0 Å². The molecular formula is C14H28O. The summed E-state index contributed by atoms with van der Waals surface area (Å²) in [5.41, 5.74) is 0.914. The summed E-state index contributed by atoms with van der Waals surface area (Å²) in [6.45, 7) is 12.7. The fourth-order valence-corrected chi connectivity index (χ4v) is 3.26. The summed E-state index contributed by atoms with van der Waals surface area (Å²) in [6.07, 6.45) is 6.74. The standard InChI is InChI=1S/C14H28O/c1-6-7-8-15-12-9-13(2,3)11-14(4,5)10-12/h12H,6-11H2,1-5H3. The minimum absolute atomic E-state index is 0.457. The van der Waals surface area contributed by atoms with Crippen molar-refractivity contribution in [1.82, 2.24) is 0 Å². The van der Waals surface area contributed by atoms with E-state index in [9.17, 15) is 0 Å². The monoisotopic (exact) mass is 212 g/mol. The Bertz CT molecular complexity index is 178. The topological polar surface area (TPSA) is 9.23 Å². The molecule has 0 bridgehead atoms. The number of hydrogen-bond acceptors (Lipinski definition) is 1. The molecule has 0 aromatic carbocycles. The Balaban J connectivity index is 2.44. The van der Waals surface area contributed by atoms with Crippen molar-refractivity contribution < 1.29 is 4.74 Å². The molecule has 0 N–H and O–H groups in total. The highest BCUT2D eigenvalue weighted by atomic mass is 16.5. The highest BCUT2D eigenvalue weighted by Crippen LogP contribution is 2.46. The van der Waals surface area contributed by atoms with Gasteiger partial charge < -0.3 is 4.74 Å². The van der Waals surface area contributed by atoms with Gasteiger partial charge in [-0.1, -0.05) is 41.0 Å². The van der Waals surface area contributed by atoms with Crippen LogP contribution in [0.5, 0.6) is 0 Å². The summed E-state index contributed by atoms with van der Waals surface area (Å²) in [5.74, 6) is 0. The fraction of sp³-hybridized carbons (Fsp3) is 1.00. The molecule has 0 aromatic heterocycles. The Morgan fingerprint density at radius 1 is 1.07 bits per heavy atom. The van der Waals surface area contributed by atoms with Crippen LogP contribution in [0.25, 0.3) is 0 Å². The van der Waals surface area contributed by atoms with Crippen molar-refractivity contribution in [2.24, 2.45) is 10.8 Å². The van der Waals surface area contributed by atoms with Crippen molar-refractivity contribution in [3.05, 3.63) is 0 Å². The molecule has 0 spiro atoms. The van der Waals surface area contributed by atoms with E-state index >= 15 is 0 Å². The van der Waals surface area contributed by atoms with Crippen molar-refractivity contribution in [3.63, 3.8) is 0 Å². The van der Waals surface area contributed by atoms with Gasteiger partial charge in [0.05, 0.1) is 6.10 Å². The summed E-state index contributed by atoms with van der Waals surface area (Å²) in [5, 5.41) is 0. The van der Waals surface area contributed by atoms with Crippen LogP contribution in [0.4, 0.5) is 0 Å². The second kappa shape index (κ2) is 4.86. The molecule has 0 heterocycles. The molecular weight excluding hydrogens is 184 g/mol. The van der Waals surface area contributed by atoms with E-state index in [2.05, 4.69) is 34.6 Å². The number of rotatable bonds is 4. The fourth-order valence-electron chi connectivity index (χ4n) is 3.26. The molecule has 0 radical (unpaired) electrons. The molecule has 1 saturated carbocycles. The molecule has 1 aliphatic carbocycles. The van der Waals surface area contributed by atoms with Crippen molar-refractivity contribution >= 4 is 0 Å². The predicted octanol–water partition coefficient (Wildman–Crippen LogP) is 4.41. The average molecular weight is 212 g/mol. The van der Waals surface area contributed by atoms with Gasteiger partial charge in [-0.15, -0.1) is 0 Å². The minimum atomic E-state index is 0.457. The van der Waals surface area contributed by atoms with Crippen LogP contribution in [-0.2, 0) is 4.74 Å². The van der Waals surface area contributed by atoms with Crippen LogP contribution in [-0.4, -0.2) is 12.7 Å². The van der Waals surface area contributed by atoms with Gasteiger partial charge in [-0.3, -0.25) is 0 Å². The van der Waals surface area contributed by atoms with Crippen molar-refractivity contribution in [2.45, 2.75) is 72.8 Å². The average Bonchev–Trinajstić information content (AvgIpc) is 1.98. The van der Waals surface area contributed by atoms with Crippen molar-refractivity contribution in [3.8, 4) is 0 Å². The summed E-state index contributed by atoms with van der Waals surface area (Å²) < 4.78 is 5.99. The molecule has 0 aromatic rings. The molecule has 1 nitrogen and oxygen atoms in total. The molecule has 0 saturated heterocycles. The van der Waals surface area contributed by atoms with Crippen LogP contribution in [0.1, 0.15) is 66.7 Å². The lowest BCUT2D eigenvalue weighted by atomic mass is 9.64. The van der Waals surface area contributed by atoms with Gasteiger partial charge in [0.1, 0.15) is 0 Å². The van der Waals surface area contributed by atoms with E-state index in [1.165, 1.54) is 32.1 Å². The number of unbranched alkanes of at least 4 members (excludes halogenated alkanes) is 1. The lowest BCUT2D eigenvalue weighted by molar-refractivity contribution is -0.0494. The predicted molar refractivity (Wildman–Crippen MR) is 66.1 cm³/mol. The third kappa shape index (κ3) is 4.55. The molecule has 1 aliphatic rings. The van der Waals surface area contributed by atoms with Gasteiger partial charge in [-0.2, -0.15) is 0 Å². The molecule has 0 aliphatic heterocycles. The third-order valence-electron chi connectivity index (χ3n) is 3.37. The first-order chi connectivity index (χ1) is 6.85. The maximum absolute atomic E-state index is 5.99. The zero-order valence-electron chi connectivity index (χ0n) is 11.2. The van der Waals surface area contributed by atoms with E-state index in [1.54, 1.807) is 0 Å².